The SMILES string of the molecule is CCCCN1C(=O)c2ccc(C(=O)NCCC3CCCNC3)cc2C1=O.Cl. The van der Waals surface area contributed by atoms with E-state index in [1.807, 2.05) is 6.92 Å². The van der Waals surface area contributed by atoms with Gasteiger partial charge in [0.25, 0.3) is 17.7 Å². The summed E-state index contributed by atoms with van der Waals surface area (Å²) in [6, 6.07) is 4.78. The third kappa shape index (κ3) is 4.87. The van der Waals surface area contributed by atoms with Crippen molar-refractivity contribution in [2.24, 2.45) is 5.92 Å². The molecule has 1 aromatic rings. The predicted molar refractivity (Wildman–Crippen MR) is 107 cm³/mol. The molecule has 0 radical (unpaired) electrons. The molecule has 1 aromatic carbocycles. The van der Waals surface area contributed by atoms with Gasteiger partial charge in [-0.25, -0.2) is 0 Å². The van der Waals surface area contributed by atoms with E-state index < -0.39 is 0 Å². The van der Waals surface area contributed by atoms with Gasteiger partial charge in [-0.05, 0) is 62.9 Å². The number of hydrogen-bond acceptors (Lipinski definition) is 4. The van der Waals surface area contributed by atoms with Crippen LogP contribution >= 0.6 is 12.4 Å². The van der Waals surface area contributed by atoms with Crippen LogP contribution in [0, 0.1) is 5.92 Å². The number of carbonyl (C=O) groups is 3. The molecule has 1 unspecified atom stereocenters. The molecule has 0 saturated carbocycles. The summed E-state index contributed by atoms with van der Waals surface area (Å²) in [5.74, 6) is -0.129. The van der Waals surface area contributed by atoms with Crippen LogP contribution in [-0.2, 0) is 0 Å². The highest BCUT2D eigenvalue weighted by atomic mass is 35.5. The Kier molecular flexibility index (Phi) is 7.80. The van der Waals surface area contributed by atoms with Crippen LogP contribution < -0.4 is 10.6 Å². The Hall–Kier alpha value is -1.92. The Balaban J connectivity index is 0.00000261. The molecule has 1 atom stereocenters. The minimum Gasteiger partial charge on any atom is -0.352 e. The van der Waals surface area contributed by atoms with Crippen molar-refractivity contribution in [3.63, 3.8) is 0 Å². The van der Waals surface area contributed by atoms with E-state index in [9.17, 15) is 14.4 Å². The number of unbranched alkanes of at least 4 members (excludes halogenated alkanes) is 1. The largest absolute Gasteiger partial charge is 0.352 e. The number of nitrogens with one attached hydrogen (secondary N) is 2. The predicted octanol–water partition coefficient (Wildman–Crippen LogP) is 2.62. The number of fused-ring (bicyclic) bond motifs is 1. The van der Waals surface area contributed by atoms with E-state index in [1.54, 1.807) is 18.2 Å². The maximum absolute atomic E-state index is 12.5. The number of benzene rings is 1. The summed E-state index contributed by atoms with van der Waals surface area (Å²) in [6.45, 7) is 5.17. The molecule has 2 N–H and O–H groups in total. The second-order valence-electron chi connectivity index (χ2n) is 7.13. The first-order chi connectivity index (χ1) is 12.6. The van der Waals surface area contributed by atoms with Crippen LogP contribution in [-0.4, -0.2) is 48.8 Å². The van der Waals surface area contributed by atoms with Crippen molar-refractivity contribution in [1.82, 2.24) is 15.5 Å². The first kappa shape index (κ1) is 21.4. The Morgan fingerprint density at radius 2 is 2.04 bits per heavy atom. The normalized spacial score (nSPS) is 18.9. The Bertz CT molecular complexity index is 702. The highest BCUT2D eigenvalue weighted by molar-refractivity contribution is 6.22. The van der Waals surface area contributed by atoms with E-state index in [2.05, 4.69) is 10.6 Å². The molecule has 3 amide bonds. The number of nitrogens with zero attached hydrogens (tertiary/aromatic N) is 1. The summed E-state index contributed by atoms with van der Waals surface area (Å²) in [7, 11) is 0. The third-order valence-electron chi connectivity index (χ3n) is 5.21. The van der Waals surface area contributed by atoms with Crippen molar-refractivity contribution in [2.45, 2.75) is 39.0 Å². The number of piperidine rings is 1. The zero-order valence-electron chi connectivity index (χ0n) is 15.8. The fourth-order valence-electron chi connectivity index (χ4n) is 3.61. The number of imide groups is 1. The molecule has 2 aliphatic heterocycles. The fraction of sp³-hybridized carbons (Fsp3) is 0.550. The molecule has 0 bridgehead atoms. The van der Waals surface area contributed by atoms with E-state index in [0.29, 0.717) is 35.7 Å². The first-order valence-electron chi connectivity index (χ1n) is 9.61. The third-order valence-corrected chi connectivity index (χ3v) is 5.21. The molecule has 1 fully saturated rings. The minimum atomic E-state index is -0.290. The molecule has 0 spiro atoms. The van der Waals surface area contributed by atoms with Crippen LogP contribution in [0.5, 0.6) is 0 Å². The highest BCUT2D eigenvalue weighted by Gasteiger charge is 2.35. The second-order valence-corrected chi connectivity index (χ2v) is 7.13. The van der Waals surface area contributed by atoms with Gasteiger partial charge in [0.05, 0.1) is 11.1 Å². The van der Waals surface area contributed by atoms with Crippen molar-refractivity contribution >= 4 is 30.1 Å². The Morgan fingerprint density at radius 3 is 2.74 bits per heavy atom. The van der Waals surface area contributed by atoms with E-state index in [0.717, 1.165) is 32.4 Å². The van der Waals surface area contributed by atoms with Gasteiger partial charge in [-0.2, -0.15) is 0 Å². The number of hydrogen-bond donors (Lipinski definition) is 2. The van der Waals surface area contributed by atoms with Crippen LogP contribution in [0.1, 0.15) is 70.1 Å². The van der Waals surface area contributed by atoms with Gasteiger partial charge in [-0.15, -0.1) is 12.4 Å². The van der Waals surface area contributed by atoms with Crippen molar-refractivity contribution in [1.29, 1.82) is 0 Å². The minimum absolute atomic E-state index is 0. The molecule has 27 heavy (non-hydrogen) atoms. The van der Waals surface area contributed by atoms with Gasteiger partial charge in [0.15, 0.2) is 0 Å². The van der Waals surface area contributed by atoms with E-state index >= 15 is 0 Å². The fourth-order valence-corrected chi connectivity index (χ4v) is 3.61. The average molecular weight is 394 g/mol. The van der Waals surface area contributed by atoms with Crippen molar-refractivity contribution in [3.8, 4) is 0 Å². The highest BCUT2D eigenvalue weighted by Crippen LogP contribution is 2.24. The van der Waals surface area contributed by atoms with E-state index in [4.69, 9.17) is 0 Å². The molecule has 1 saturated heterocycles. The topological polar surface area (TPSA) is 78.5 Å². The maximum atomic E-state index is 12.5. The zero-order chi connectivity index (χ0) is 18.5. The first-order valence-corrected chi connectivity index (χ1v) is 9.61. The van der Waals surface area contributed by atoms with E-state index in [1.165, 1.54) is 17.7 Å². The number of halogens is 1. The van der Waals surface area contributed by atoms with Crippen molar-refractivity contribution in [3.05, 3.63) is 34.9 Å². The van der Waals surface area contributed by atoms with E-state index in [-0.39, 0.29) is 30.1 Å². The van der Waals surface area contributed by atoms with Gasteiger partial charge in [0, 0.05) is 18.7 Å². The molecule has 0 aliphatic carbocycles. The lowest BCUT2D eigenvalue weighted by Crippen LogP contribution is -2.33. The van der Waals surface area contributed by atoms with Crippen molar-refractivity contribution in [2.75, 3.05) is 26.2 Å². The van der Waals surface area contributed by atoms with Gasteiger partial charge < -0.3 is 10.6 Å². The summed E-state index contributed by atoms with van der Waals surface area (Å²) in [5, 5.41) is 6.31. The lowest BCUT2D eigenvalue weighted by molar-refractivity contribution is 0.0652. The number of carbonyl (C=O) groups excluding carboxylic acids is 3. The average Bonchev–Trinajstić information content (AvgIpc) is 2.91. The number of amides is 3. The molecule has 6 nitrogen and oxygen atoms in total. The van der Waals surface area contributed by atoms with Crippen LogP contribution in [0.25, 0.3) is 0 Å². The summed E-state index contributed by atoms with van der Waals surface area (Å²) >= 11 is 0. The lowest BCUT2D eigenvalue weighted by atomic mass is 9.96. The molecule has 0 aromatic heterocycles. The van der Waals surface area contributed by atoms with Crippen LogP contribution in [0.4, 0.5) is 0 Å². The summed E-state index contributed by atoms with van der Waals surface area (Å²) in [4.78, 5) is 38.5. The van der Waals surface area contributed by atoms with Gasteiger partial charge in [-0.3, -0.25) is 19.3 Å². The molecule has 3 rings (SSSR count). The van der Waals surface area contributed by atoms with Gasteiger partial charge >= 0.3 is 0 Å². The molecule has 7 heteroatoms. The van der Waals surface area contributed by atoms with Gasteiger partial charge in [0.1, 0.15) is 0 Å². The molecule has 148 valence electrons. The van der Waals surface area contributed by atoms with Crippen LogP contribution in [0.2, 0.25) is 0 Å². The second kappa shape index (κ2) is 9.85. The summed E-state index contributed by atoms with van der Waals surface area (Å²) in [6.07, 6.45) is 5.04. The smallest absolute Gasteiger partial charge is 0.261 e. The summed E-state index contributed by atoms with van der Waals surface area (Å²) in [5.41, 5.74) is 1.18. The summed E-state index contributed by atoms with van der Waals surface area (Å²) < 4.78 is 0. The molecule has 2 heterocycles. The lowest BCUT2D eigenvalue weighted by Gasteiger charge is -2.22. The van der Waals surface area contributed by atoms with Crippen LogP contribution in [0.3, 0.4) is 0 Å². The maximum Gasteiger partial charge on any atom is 0.261 e. The Morgan fingerprint density at radius 1 is 1.26 bits per heavy atom. The molecular formula is C20H28ClN3O3. The molecular weight excluding hydrogens is 366 g/mol. The van der Waals surface area contributed by atoms with Crippen molar-refractivity contribution < 1.29 is 14.4 Å². The zero-order valence-corrected chi connectivity index (χ0v) is 16.6. The molecule has 2 aliphatic rings. The van der Waals surface area contributed by atoms with Crippen LogP contribution in [0.15, 0.2) is 18.2 Å². The van der Waals surface area contributed by atoms with Gasteiger partial charge in [0.2, 0.25) is 0 Å². The number of rotatable bonds is 7. The van der Waals surface area contributed by atoms with Gasteiger partial charge in [-0.1, -0.05) is 13.3 Å². The Labute approximate surface area is 166 Å². The standard InChI is InChI=1S/C20H27N3O3.ClH/c1-2-3-11-23-19(25)16-7-6-15(12-17(16)20(23)26)18(24)22-10-8-14-5-4-9-21-13-14;/h6-7,12,14,21H,2-5,8-11,13H2,1H3,(H,22,24);1H. The monoisotopic (exact) mass is 393 g/mol. The quantitative estimate of drug-likeness (QED) is 0.698.